The lowest BCUT2D eigenvalue weighted by atomic mass is 10.1. The Morgan fingerprint density at radius 1 is 1.33 bits per heavy atom. The number of rotatable bonds is 8. The molecular weight excluding hydrogens is 311 g/mol. The molecule has 1 heterocycles. The number of carbonyl (C=O) groups is 1. The van der Waals surface area contributed by atoms with Gasteiger partial charge in [-0.15, -0.1) is 0 Å². The summed E-state index contributed by atoms with van der Waals surface area (Å²) in [5.74, 6) is -0.413. The Morgan fingerprint density at radius 3 is 2.71 bits per heavy atom. The van der Waals surface area contributed by atoms with Crippen molar-refractivity contribution in [1.82, 2.24) is 15.3 Å². The second-order valence-electron chi connectivity index (χ2n) is 5.83. The summed E-state index contributed by atoms with van der Waals surface area (Å²) in [5.41, 5.74) is 5.93. The van der Waals surface area contributed by atoms with Gasteiger partial charge in [0, 0.05) is 6.54 Å². The van der Waals surface area contributed by atoms with Gasteiger partial charge in [0.25, 0.3) is 5.91 Å². The van der Waals surface area contributed by atoms with Crippen LogP contribution in [0.15, 0.2) is 30.6 Å². The van der Waals surface area contributed by atoms with Crippen molar-refractivity contribution >= 4 is 5.91 Å². The number of amides is 1. The SMILES string of the molecule is CC(C)CCNCc1ccc(Oc2cnc(C(N)=O)cn2)c(F)c1. The van der Waals surface area contributed by atoms with Crippen LogP contribution in [0.3, 0.4) is 0 Å². The van der Waals surface area contributed by atoms with E-state index in [1.165, 1.54) is 18.5 Å². The van der Waals surface area contributed by atoms with E-state index in [1.54, 1.807) is 12.1 Å². The van der Waals surface area contributed by atoms with Crippen LogP contribution in [0.1, 0.15) is 36.3 Å². The maximum atomic E-state index is 14.1. The van der Waals surface area contributed by atoms with Crippen LogP contribution in [0.25, 0.3) is 0 Å². The zero-order chi connectivity index (χ0) is 17.5. The summed E-state index contributed by atoms with van der Waals surface area (Å²) in [4.78, 5) is 18.6. The van der Waals surface area contributed by atoms with Crippen LogP contribution < -0.4 is 15.8 Å². The van der Waals surface area contributed by atoms with Crippen molar-refractivity contribution in [3.05, 3.63) is 47.7 Å². The number of halogens is 1. The molecule has 1 aromatic heterocycles. The summed E-state index contributed by atoms with van der Waals surface area (Å²) >= 11 is 0. The minimum Gasteiger partial charge on any atom is -0.434 e. The van der Waals surface area contributed by atoms with Crippen molar-refractivity contribution in [3.63, 3.8) is 0 Å². The summed E-state index contributed by atoms with van der Waals surface area (Å²) in [6.07, 6.45) is 3.48. The third-order valence-corrected chi connectivity index (χ3v) is 3.32. The smallest absolute Gasteiger partial charge is 0.268 e. The van der Waals surface area contributed by atoms with Crippen LogP contribution >= 0.6 is 0 Å². The van der Waals surface area contributed by atoms with Crippen molar-refractivity contribution < 1.29 is 13.9 Å². The number of nitrogens with two attached hydrogens (primary N) is 1. The van der Waals surface area contributed by atoms with Gasteiger partial charge in [-0.25, -0.2) is 14.4 Å². The second kappa shape index (κ2) is 8.35. The van der Waals surface area contributed by atoms with Gasteiger partial charge in [0.05, 0.1) is 12.4 Å². The van der Waals surface area contributed by atoms with Crippen molar-refractivity contribution in [2.24, 2.45) is 11.7 Å². The van der Waals surface area contributed by atoms with Gasteiger partial charge in [0.15, 0.2) is 11.6 Å². The van der Waals surface area contributed by atoms with E-state index in [2.05, 4.69) is 29.1 Å². The van der Waals surface area contributed by atoms with E-state index in [0.717, 1.165) is 18.5 Å². The van der Waals surface area contributed by atoms with Gasteiger partial charge in [-0.2, -0.15) is 0 Å². The Hall–Kier alpha value is -2.54. The zero-order valence-corrected chi connectivity index (χ0v) is 13.8. The third-order valence-electron chi connectivity index (χ3n) is 3.32. The molecule has 2 rings (SSSR count). The molecule has 128 valence electrons. The number of hydrogen-bond donors (Lipinski definition) is 2. The Morgan fingerprint density at radius 2 is 2.12 bits per heavy atom. The normalized spacial score (nSPS) is 10.8. The molecule has 6 nitrogen and oxygen atoms in total. The van der Waals surface area contributed by atoms with Crippen LogP contribution in [0.2, 0.25) is 0 Å². The highest BCUT2D eigenvalue weighted by atomic mass is 19.1. The number of hydrogen-bond acceptors (Lipinski definition) is 5. The molecule has 24 heavy (non-hydrogen) atoms. The summed E-state index contributed by atoms with van der Waals surface area (Å²) in [6, 6.07) is 4.74. The third kappa shape index (κ3) is 5.27. The van der Waals surface area contributed by atoms with Crippen LogP contribution in [0.5, 0.6) is 11.6 Å². The van der Waals surface area contributed by atoms with Crippen molar-refractivity contribution in [3.8, 4) is 11.6 Å². The van der Waals surface area contributed by atoms with E-state index in [0.29, 0.717) is 12.5 Å². The molecule has 0 fully saturated rings. The summed E-state index contributed by atoms with van der Waals surface area (Å²) in [5, 5.41) is 3.27. The molecule has 0 atom stereocenters. The number of primary amides is 1. The monoisotopic (exact) mass is 332 g/mol. The van der Waals surface area contributed by atoms with Gasteiger partial charge in [-0.3, -0.25) is 4.79 Å². The standard InChI is InChI=1S/C17H21FN4O2/c1-11(2)5-6-20-8-12-3-4-15(13(18)7-12)24-16-10-21-14(9-22-16)17(19)23/h3-4,7,9-11,20H,5-6,8H2,1-2H3,(H2,19,23). The van der Waals surface area contributed by atoms with E-state index < -0.39 is 11.7 Å². The molecule has 3 N–H and O–H groups in total. The predicted octanol–water partition coefficient (Wildman–Crippen LogP) is 2.64. The average Bonchev–Trinajstić information content (AvgIpc) is 2.54. The fourth-order valence-corrected chi connectivity index (χ4v) is 1.97. The lowest BCUT2D eigenvalue weighted by Gasteiger charge is -2.09. The maximum absolute atomic E-state index is 14.1. The van der Waals surface area contributed by atoms with Gasteiger partial charge in [-0.1, -0.05) is 19.9 Å². The van der Waals surface area contributed by atoms with Crippen molar-refractivity contribution in [2.75, 3.05) is 6.54 Å². The molecule has 7 heteroatoms. The highest BCUT2D eigenvalue weighted by Crippen LogP contribution is 2.23. The Balaban J connectivity index is 1.95. The minimum absolute atomic E-state index is 0.0191. The van der Waals surface area contributed by atoms with Gasteiger partial charge in [0.2, 0.25) is 5.88 Å². The molecule has 0 saturated heterocycles. The molecule has 0 spiro atoms. The molecule has 1 amide bonds. The number of ether oxygens (including phenoxy) is 1. The first-order valence-electron chi connectivity index (χ1n) is 7.74. The Kier molecular flexibility index (Phi) is 6.20. The number of nitrogens with zero attached hydrogens (tertiary/aromatic N) is 2. The first kappa shape index (κ1) is 17.8. The molecule has 2 aromatic rings. The number of benzene rings is 1. The summed E-state index contributed by atoms with van der Waals surface area (Å²) in [7, 11) is 0. The molecule has 0 saturated carbocycles. The second-order valence-corrected chi connectivity index (χ2v) is 5.83. The summed E-state index contributed by atoms with van der Waals surface area (Å²) in [6.45, 7) is 5.80. The van der Waals surface area contributed by atoms with Gasteiger partial charge in [0.1, 0.15) is 5.69 Å². The molecular formula is C17H21FN4O2. The van der Waals surface area contributed by atoms with E-state index in [-0.39, 0.29) is 17.3 Å². The van der Waals surface area contributed by atoms with Crippen LogP contribution in [0, 0.1) is 11.7 Å². The fourth-order valence-electron chi connectivity index (χ4n) is 1.97. The Bertz CT molecular complexity index is 689. The highest BCUT2D eigenvalue weighted by Gasteiger charge is 2.09. The topological polar surface area (TPSA) is 90.1 Å². The Labute approximate surface area is 140 Å². The number of nitrogens with one attached hydrogen (secondary N) is 1. The van der Waals surface area contributed by atoms with Gasteiger partial charge >= 0.3 is 0 Å². The fraction of sp³-hybridized carbons (Fsp3) is 0.353. The first-order chi connectivity index (χ1) is 11.5. The lowest BCUT2D eigenvalue weighted by molar-refractivity contribution is 0.0995. The van der Waals surface area contributed by atoms with Gasteiger partial charge < -0.3 is 15.8 Å². The molecule has 0 aliphatic carbocycles. The number of aromatic nitrogens is 2. The first-order valence-corrected chi connectivity index (χ1v) is 7.74. The molecule has 0 aliphatic rings. The quantitative estimate of drug-likeness (QED) is 0.725. The summed E-state index contributed by atoms with van der Waals surface area (Å²) < 4.78 is 19.4. The molecule has 1 aromatic carbocycles. The van der Waals surface area contributed by atoms with E-state index in [4.69, 9.17) is 10.5 Å². The maximum Gasteiger partial charge on any atom is 0.268 e. The van der Waals surface area contributed by atoms with E-state index in [9.17, 15) is 9.18 Å². The average molecular weight is 332 g/mol. The molecule has 0 bridgehead atoms. The zero-order valence-electron chi connectivity index (χ0n) is 13.8. The largest absolute Gasteiger partial charge is 0.434 e. The molecule has 0 aliphatic heterocycles. The van der Waals surface area contributed by atoms with E-state index in [1.807, 2.05) is 0 Å². The van der Waals surface area contributed by atoms with Crippen molar-refractivity contribution in [1.29, 1.82) is 0 Å². The molecule has 0 unspecified atom stereocenters. The van der Waals surface area contributed by atoms with E-state index >= 15 is 0 Å². The molecule has 0 radical (unpaired) electrons. The van der Waals surface area contributed by atoms with Crippen LogP contribution in [-0.2, 0) is 6.54 Å². The predicted molar refractivity (Wildman–Crippen MR) is 88.2 cm³/mol. The van der Waals surface area contributed by atoms with Crippen LogP contribution in [-0.4, -0.2) is 22.4 Å². The number of carbonyl (C=O) groups excluding carboxylic acids is 1. The highest BCUT2D eigenvalue weighted by molar-refractivity contribution is 5.90. The van der Waals surface area contributed by atoms with Gasteiger partial charge in [-0.05, 0) is 36.6 Å². The van der Waals surface area contributed by atoms with Crippen LogP contribution in [0.4, 0.5) is 4.39 Å². The van der Waals surface area contributed by atoms with Crippen molar-refractivity contribution in [2.45, 2.75) is 26.8 Å². The lowest BCUT2D eigenvalue weighted by Crippen LogP contribution is -2.16. The minimum atomic E-state index is -0.686.